The molecule has 4 rings (SSSR count). The van der Waals surface area contributed by atoms with Gasteiger partial charge in [-0.15, -0.1) is 9.24 Å². The Morgan fingerprint density at radius 1 is 0.960 bits per heavy atom. The van der Waals surface area contributed by atoms with Crippen LogP contribution in [0.2, 0.25) is 0 Å². The second-order valence-electron chi connectivity index (χ2n) is 6.58. The van der Waals surface area contributed by atoms with Gasteiger partial charge in [-0.1, -0.05) is 48.5 Å². The second kappa shape index (κ2) is 7.33. The molecule has 1 N–H and O–H groups in total. The zero-order valence-electron chi connectivity index (χ0n) is 14.1. The van der Waals surface area contributed by atoms with Gasteiger partial charge in [-0.25, -0.2) is 4.98 Å². The van der Waals surface area contributed by atoms with Gasteiger partial charge < -0.3 is 5.32 Å². The Morgan fingerprint density at radius 2 is 1.80 bits per heavy atom. The minimum absolute atomic E-state index is 0.613. The zero-order chi connectivity index (χ0) is 17.1. The van der Waals surface area contributed by atoms with Gasteiger partial charge in [-0.05, 0) is 41.3 Å². The molecule has 1 fully saturated rings. The average molecular weight is 347 g/mol. The summed E-state index contributed by atoms with van der Waals surface area (Å²) in [6.45, 7) is 0.742. The molecule has 2 aromatic carbocycles. The fourth-order valence-corrected chi connectivity index (χ4v) is 3.70. The smallest absolute Gasteiger partial charge is 0.144 e. The lowest BCUT2D eigenvalue weighted by Gasteiger charge is -2.08. The van der Waals surface area contributed by atoms with Crippen LogP contribution in [0, 0.1) is 5.92 Å². The largest absolute Gasteiger partial charge is 0.365 e. The Kier molecular flexibility index (Phi) is 4.76. The van der Waals surface area contributed by atoms with E-state index in [0.717, 1.165) is 30.1 Å². The molecule has 3 nitrogen and oxygen atoms in total. The molecular formula is C21H22N3P. The number of hydrogen-bond donors (Lipinski definition) is 1. The van der Waals surface area contributed by atoms with E-state index >= 15 is 0 Å². The van der Waals surface area contributed by atoms with Gasteiger partial charge in [0.25, 0.3) is 0 Å². The Hall–Kier alpha value is -2.25. The van der Waals surface area contributed by atoms with Crippen molar-refractivity contribution in [3.63, 3.8) is 0 Å². The summed E-state index contributed by atoms with van der Waals surface area (Å²) in [6.07, 6.45) is 6.18. The highest BCUT2D eigenvalue weighted by Gasteiger charge is 2.37. The Balaban J connectivity index is 1.40. The van der Waals surface area contributed by atoms with Gasteiger partial charge in [-0.2, -0.15) is 0 Å². The molecule has 126 valence electrons. The van der Waals surface area contributed by atoms with Crippen LogP contribution in [0.5, 0.6) is 0 Å². The molecule has 0 radical (unpaired) electrons. The highest BCUT2D eigenvalue weighted by molar-refractivity contribution is 7.16. The first-order valence-electron chi connectivity index (χ1n) is 8.74. The van der Waals surface area contributed by atoms with Crippen molar-refractivity contribution in [2.75, 3.05) is 11.5 Å². The maximum Gasteiger partial charge on any atom is 0.144 e. The van der Waals surface area contributed by atoms with Crippen LogP contribution in [0.15, 0.2) is 67.0 Å². The third kappa shape index (κ3) is 3.88. The van der Waals surface area contributed by atoms with E-state index in [1.807, 2.05) is 18.5 Å². The third-order valence-corrected chi connectivity index (χ3v) is 5.39. The molecule has 0 spiro atoms. The fraction of sp³-hybridized carbons (Fsp3) is 0.238. The van der Waals surface area contributed by atoms with Gasteiger partial charge in [0.15, 0.2) is 0 Å². The predicted molar refractivity (Wildman–Crippen MR) is 107 cm³/mol. The molecule has 25 heavy (non-hydrogen) atoms. The predicted octanol–water partition coefficient (Wildman–Crippen LogP) is 4.73. The van der Waals surface area contributed by atoms with E-state index in [0.29, 0.717) is 5.92 Å². The summed E-state index contributed by atoms with van der Waals surface area (Å²) in [5, 5.41) is 3.37. The van der Waals surface area contributed by atoms with Gasteiger partial charge in [0.2, 0.25) is 0 Å². The monoisotopic (exact) mass is 347 g/mol. The number of benzene rings is 2. The van der Waals surface area contributed by atoms with Crippen LogP contribution < -0.4 is 5.32 Å². The van der Waals surface area contributed by atoms with Crippen molar-refractivity contribution in [3.8, 4) is 11.1 Å². The highest BCUT2D eigenvalue weighted by atomic mass is 31.0. The van der Waals surface area contributed by atoms with Crippen LogP contribution in [0.25, 0.3) is 11.1 Å². The van der Waals surface area contributed by atoms with Crippen molar-refractivity contribution in [1.82, 2.24) is 9.97 Å². The Morgan fingerprint density at radius 3 is 2.52 bits per heavy atom. The number of aromatic nitrogens is 2. The topological polar surface area (TPSA) is 37.8 Å². The molecule has 4 heteroatoms. The molecule has 3 atom stereocenters. The zero-order valence-corrected chi connectivity index (χ0v) is 15.3. The Labute approximate surface area is 151 Å². The summed E-state index contributed by atoms with van der Waals surface area (Å²) in [7, 11) is 2.82. The van der Waals surface area contributed by atoms with E-state index in [1.54, 1.807) is 0 Å². The summed E-state index contributed by atoms with van der Waals surface area (Å²) in [6, 6.07) is 19.0. The van der Waals surface area contributed by atoms with Gasteiger partial charge >= 0.3 is 0 Å². The minimum Gasteiger partial charge on any atom is -0.365 e. The first-order valence-corrected chi connectivity index (χ1v) is 9.55. The molecule has 1 aliphatic carbocycles. The molecular weight excluding hydrogens is 325 g/mol. The van der Waals surface area contributed by atoms with Crippen molar-refractivity contribution in [2.24, 2.45) is 5.92 Å². The van der Waals surface area contributed by atoms with Crippen LogP contribution in [-0.2, 0) is 6.54 Å². The van der Waals surface area contributed by atoms with Crippen LogP contribution in [0.1, 0.15) is 23.6 Å². The molecule has 0 aliphatic heterocycles. The first-order chi connectivity index (χ1) is 12.3. The van der Waals surface area contributed by atoms with E-state index in [-0.39, 0.29) is 0 Å². The van der Waals surface area contributed by atoms with Crippen molar-refractivity contribution in [2.45, 2.75) is 18.9 Å². The van der Waals surface area contributed by atoms with Crippen molar-refractivity contribution >= 4 is 15.1 Å². The highest BCUT2D eigenvalue weighted by Crippen LogP contribution is 2.47. The summed E-state index contributed by atoms with van der Waals surface area (Å²) in [5.74, 6) is 2.22. The number of rotatable bonds is 6. The molecule has 3 aromatic rings. The maximum absolute atomic E-state index is 4.58. The van der Waals surface area contributed by atoms with Crippen LogP contribution >= 0.6 is 9.24 Å². The normalized spacial score (nSPS) is 18.8. The molecule has 1 heterocycles. The van der Waals surface area contributed by atoms with Crippen molar-refractivity contribution in [1.29, 1.82) is 0 Å². The van der Waals surface area contributed by atoms with E-state index in [9.17, 15) is 0 Å². The minimum atomic E-state index is 0.613. The van der Waals surface area contributed by atoms with Crippen molar-refractivity contribution in [3.05, 3.63) is 78.2 Å². The summed E-state index contributed by atoms with van der Waals surface area (Å²) in [4.78, 5) is 9.11. The Bertz CT molecular complexity index is 833. The quantitative estimate of drug-likeness (QED) is 0.655. The fourth-order valence-electron chi connectivity index (χ4n) is 3.18. The van der Waals surface area contributed by atoms with Crippen LogP contribution in [0.4, 0.5) is 5.82 Å². The van der Waals surface area contributed by atoms with Gasteiger partial charge in [0.1, 0.15) is 5.82 Å². The van der Waals surface area contributed by atoms with E-state index in [2.05, 4.69) is 73.1 Å². The lowest BCUT2D eigenvalue weighted by atomic mass is 10.0. The van der Waals surface area contributed by atoms with E-state index < -0.39 is 0 Å². The molecule has 0 saturated heterocycles. The average Bonchev–Trinajstić information content (AvgIpc) is 3.48. The van der Waals surface area contributed by atoms with Crippen LogP contribution in [0.3, 0.4) is 0 Å². The van der Waals surface area contributed by atoms with E-state index in [1.165, 1.54) is 23.1 Å². The first kappa shape index (κ1) is 16.2. The maximum atomic E-state index is 4.58. The molecule has 1 aliphatic rings. The molecule has 3 unspecified atom stereocenters. The second-order valence-corrected chi connectivity index (χ2v) is 7.06. The molecule has 1 aromatic heterocycles. The molecule has 0 bridgehead atoms. The number of hydrogen-bond acceptors (Lipinski definition) is 3. The van der Waals surface area contributed by atoms with Crippen LogP contribution in [-0.4, -0.2) is 16.1 Å². The molecule has 0 amide bonds. The van der Waals surface area contributed by atoms with Crippen molar-refractivity contribution < 1.29 is 0 Å². The van der Waals surface area contributed by atoms with Gasteiger partial charge in [0, 0.05) is 12.5 Å². The number of anilines is 1. The number of nitrogens with zero attached hydrogens (tertiary/aromatic N) is 2. The third-order valence-electron chi connectivity index (χ3n) is 4.78. The van der Waals surface area contributed by atoms with E-state index in [4.69, 9.17) is 0 Å². The standard InChI is InChI=1S/C21H22N3P/c25-14-18-10-19(18)20-12-24-21(13-22-20)23-11-15-5-4-8-17(9-15)16-6-2-1-3-7-16/h1-9,12-13,18-19H,10-11,14,25H2,(H,23,24). The number of nitrogens with one attached hydrogen (secondary N) is 1. The SMILES string of the molecule is PCC1CC1c1cnc(NCc2cccc(-c3ccccc3)c2)cn1. The van der Waals surface area contributed by atoms with Gasteiger partial charge in [0.05, 0.1) is 18.1 Å². The summed E-state index contributed by atoms with van der Waals surface area (Å²) >= 11 is 0. The summed E-state index contributed by atoms with van der Waals surface area (Å²) < 4.78 is 0. The summed E-state index contributed by atoms with van der Waals surface area (Å²) in [5.41, 5.74) is 4.83. The lowest BCUT2D eigenvalue weighted by Crippen LogP contribution is -2.03. The van der Waals surface area contributed by atoms with Gasteiger partial charge in [-0.3, -0.25) is 4.98 Å². The molecule has 1 saturated carbocycles. The lowest BCUT2D eigenvalue weighted by molar-refractivity contribution is 0.884.